The zero-order chi connectivity index (χ0) is 23.1. The molecule has 1 aliphatic heterocycles. The van der Waals surface area contributed by atoms with Gasteiger partial charge < -0.3 is 13.9 Å². The molecule has 0 atom stereocenters. The van der Waals surface area contributed by atoms with Crippen LogP contribution in [0.3, 0.4) is 0 Å². The molecule has 3 rings (SSSR count). The number of terminal acetylenes is 1. The van der Waals surface area contributed by atoms with Gasteiger partial charge >= 0.3 is 6.03 Å². The van der Waals surface area contributed by atoms with Crippen molar-refractivity contribution >= 4 is 23.9 Å². The molecule has 1 aliphatic rings. The molecule has 2 aromatic rings. The Kier molecular flexibility index (Phi) is 7.13. The quantitative estimate of drug-likeness (QED) is 0.282. The Bertz CT molecular complexity index is 1110. The number of carbonyl (C=O) groups is 3. The van der Waals surface area contributed by atoms with Gasteiger partial charge in [-0.25, -0.2) is 4.79 Å². The summed E-state index contributed by atoms with van der Waals surface area (Å²) in [5.74, 6) is 2.20. The molecule has 0 aliphatic carbocycles. The number of nitrogens with zero attached hydrogens (tertiary/aromatic N) is 1. The van der Waals surface area contributed by atoms with Gasteiger partial charge in [-0.05, 0) is 49.2 Å². The van der Waals surface area contributed by atoms with Crippen LogP contribution >= 0.6 is 0 Å². The molecule has 0 spiro atoms. The number of amides is 4. The summed E-state index contributed by atoms with van der Waals surface area (Å²) in [6, 6.07) is 5.85. The summed E-state index contributed by atoms with van der Waals surface area (Å²) in [7, 11) is 0. The largest absolute Gasteiger partial charge is 0.490 e. The van der Waals surface area contributed by atoms with E-state index in [0.29, 0.717) is 35.9 Å². The van der Waals surface area contributed by atoms with Crippen molar-refractivity contribution in [2.24, 2.45) is 0 Å². The Balaban J connectivity index is 2.01. The van der Waals surface area contributed by atoms with E-state index in [-0.39, 0.29) is 18.7 Å². The summed E-state index contributed by atoms with van der Waals surface area (Å²) in [5, 5.41) is 2.18. The van der Waals surface area contributed by atoms with Crippen molar-refractivity contribution in [3.8, 4) is 23.8 Å². The number of barbiturate groups is 1. The minimum Gasteiger partial charge on any atom is -0.490 e. The van der Waals surface area contributed by atoms with Crippen LogP contribution in [0.4, 0.5) is 4.79 Å². The molecule has 164 valence electrons. The van der Waals surface area contributed by atoms with Crippen molar-refractivity contribution in [1.82, 2.24) is 10.2 Å². The first-order chi connectivity index (χ1) is 15.5. The Labute approximate surface area is 185 Å². The lowest BCUT2D eigenvalue weighted by molar-refractivity contribution is -0.130. The smallest absolute Gasteiger partial charge is 0.331 e. The number of nitrogens with one attached hydrogen (secondary N) is 1. The first-order valence-electron chi connectivity index (χ1n) is 9.86. The fourth-order valence-electron chi connectivity index (χ4n) is 3.18. The SMILES string of the molecule is C#CCOc1c(CC=C)cc(C=C2C(=O)NC(=O)N(Cc3ccco3)C2=O)cc1OCC. The van der Waals surface area contributed by atoms with Gasteiger partial charge in [-0.1, -0.05) is 12.0 Å². The highest BCUT2D eigenvalue weighted by Gasteiger charge is 2.36. The molecular formula is C24H22N2O6. The van der Waals surface area contributed by atoms with E-state index in [9.17, 15) is 14.4 Å². The molecule has 32 heavy (non-hydrogen) atoms. The van der Waals surface area contributed by atoms with Crippen molar-refractivity contribution in [3.63, 3.8) is 0 Å². The first kappa shape index (κ1) is 22.4. The van der Waals surface area contributed by atoms with Gasteiger partial charge in [-0.15, -0.1) is 13.0 Å². The first-order valence-corrected chi connectivity index (χ1v) is 9.86. The molecule has 0 bridgehead atoms. The maximum absolute atomic E-state index is 12.9. The normalized spacial score (nSPS) is 14.8. The van der Waals surface area contributed by atoms with Crippen molar-refractivity contribution < 1.29 is 28.3 Å². The fraction of sp³-hybridized carbons (Fsp3) is 0.208. The standard InChI is InChI=1S/C24H22N2O6/c1-4-8-17-12-16(14-20(30-6-3)21(17)32-10-5-2)13-19-22(27)25-24(29)26(23(19)28)15-18-9-7-11-31-18/h2,4,7,9,11-14H,1,6,8,10,15H2,3H3,(H,25,27,29). The Hall–Kier alpha value is -4.25. The predicted molar refractivity (Wildman–Crippen MR) is 117 cm³/mol. The van der Waals surface area contributed by atoms with E-state index in [2.05, 4.69) is 17.8 Å². The highest BCUT2D eigenvalue weighted by atomic mass is 16.5. The predicted octanol–water partition coefficient (Wildman–Crippen LogP) is 3.08. The number of allylic oxidation sites excluding steroid dienone is 1. The summed E-state index contributed by atoms with van der Waals surface area (Å²) in [6.45, 7) is 5.88. The number of furan rings is 1. The van der Waals surface area contributed by atoms with Crippen molar-refractivity contribution in [2.75, 3.05) is 13.2 Å². The molecule has 1 aromatic heterocycles. The zero-order valence-electron chi connectivity index (χ0n) is 17.6. The molecule has 1 fully saturated rings. The van der Waals surface area contributed by atoms with Crippen molar-refractivity contribution in [2.45, 2.75) is 19.9 Å². The van der Waals surface area contributed by atoms with Gasteiger partial charge in [0.05, 0.1) is 19.4 Å². The van der Waals surface area contributed by atoms with E-state index in [1.54, 1.807) is 30.3 Å². The van der Waals surface area contributed by atoms with Crippen molar-refractivity contribution in [1.29, 1.82) is 0 Å². The molecule has 0 unspecified atom stereocenters. The number of benzene rings is 1. The van der Waals surface area contributed by atoms with Crippen LogP contribution in [0.25, 0.3) is 6.08 Å². The molecule has 8 heteroatoms. The number of ether oxygens (including phenoxy) is 2. The summed E-state index contributed by atoms with van der Waals surface area (Å²) < 4.78 is 16.6. The maximum Gasteiger partial charge on any atom is 0.331 e. The summed E-state index contributed by atoms with van der Waals surface area (Å²) in [6.07, 6.45) is 10.3. The number of imide groups is 2. The molecule has 0 saturated carbocycles. The van der Waals surface area contributed by atoms with Gasteiger partial charge in [-0.2, -0.15) is 0 Å². The molecule has 8 nitrogen and oxygen atoms in total. The highest BCUT2D eigenvalue weighted by Crippen LogP contribution is 2.35. The summed E-state index contributed by atoms with van der Waals surface area (Å²) >= 11 is 0. The highest BCUT2D eigenvalue weighted by molar-refractivity contribution is 6.30. The Morgan fingerprint density at radius 2 is 2.09 bits per heavy atom. The molecule has 1 aromatic carbocycles. The van der Waals surface area contributed by atoms with Crippen LogP contribution < -0.4 is 14.8 Å². The van der Waals surface area contributed by atoms with E-state index < -0.39 is 17.8 Å². The van der Waals surface area contributed by atoms with E-state index in [4.69, 9.17) is 20.3 Å². The maximum atomic E-state index is 12.9. The third-order valence-corrected chi connectivity index (χ3v) is 4.51. The van der Waals surface area contributed by atoms with Gasteiger partial charge in [0.1, 0.15) is 17.9 Å². The molecule has 1 N–H and O–H groups in total. The molecule has 4 amide bonds. The van der Waals surface area contributed by atoms with Crippen molar-refractivity contribution in [3.05, 3.63) is 65.6 Å². The number of hydrogen-bond donors (Lipinski definition) is 1. The summed E-state index contributed by atoms with van der Waals surface area (Å²) in [4.78, 5) is 38.5. The van der Waals surface area contributed by atoms with Gasteiger partial charge in [0.2, 0.25) is 0 Å². The van der Waals surface area contributed by atoms with E-state index in [0.717, 1.165) is 10.5 Å². The molecule has 1 saturated heterocycles. The second-order valence-electron chi connectivity index (χ2n) is 6.71. The van der Waals surface area contributed by atoms with Crippen LogP contribution in [-0.4, -0.2) is 36.0 Å². The van der Waals surface area contributed by atoms with Crippen LogP contribution in [0.2, 0.25) is 0 Å². The lowest BCUT2D eigenvalue weighted by atomic mass is 10.0. The average Bonchev–Trinajstić information content (AvgIpc) is 3.27. The van der Waals surface area contributed by atoms with E-state index in [1.807, 2.05) is 6.92 Å². The Morgan fingerprint density at radius 1 is 1.28 bits per heavy atom. The van der Waals surface area contributed by atoms with Crippen LogP contribution in [0.15, 0.2) is 53.2 Å². The number of urea groups is 1. The third kappa shape index (κ3) is 4.90. The fourth-order valence-corrected chi connectivity index (χ4v) is 3.18. The lowest BCUT2D eigenvalue weighted by Gasteiger charge is -2.25. The average molecular weight is 434 g/mol. The lowest BCUT2D eigenvalue weighted by Crippen LogP contribution is -2.53. The molecular weight excluding hydrogens is 412 g/mol. The number of hydrogen-bond acceptors (Lipinski definition) is 6. The third-order valence-electron chi connectivity index (χ3n) is 4.51. The second kappa shape index (κ2) is 10.2. The zero-order valence-corrected chi connectivity index (χ0v) is 17.6. The van der Waals surface area contributed by atoms with Crippen LogP contribution in [0.1, 0.15) is 23.8 Å². The second-order valence-corrected chi connectivity index (χ2v) is 6.71. The minimum atomic E-state index is -0.811. The van der Waals surface area contributed by atoms with Crippen LogP contribution in [0, 0.1) is 12.3 Å². The van der Waals surface area contributed by atoms with Crippen LogP contribution in [0.5, 0.6) is 11.5 Å². The van der Waals surface area contributed by atoms with E-state index in [1.165, 1.54) is 12.3 Å². The number of rotatable bonds is 9. The monoisotopic (exact) mass is 434 g/mol. The van der Waals surface area contributed by atoms with Gasteiger partial charge in [0.15, 0.2) is 11.5 Å². The van der Waals surface area contributed by atoms with Gasteiger partial charge in [0, 0.05) is 5.56 Å². The summed E-state index contributed by atoms with van der Waals surface area (Å²) in [5.41, 5.74) is 1.05. The molecule has 0 radical (unpaired) electrons. The topological polar surface area (TPSA) is 98.1 Å². The van der Waals surface area contributed by atoms with E-state index >= 15 is 0 Å². The van der Waals surface area contributed by atoms with Gasteiger partial charge in [-0.3, -0.25) is 19.8 Å². The van der Waals surface area contributed by atoms with Crippen LogP contribution in [-0.2, 0) is 22.6 Å². The van der Waals surface area contributed by atoms with Gasteiger partial charge in [0.25, 0.3) is 11.8 Å². The molecule has 2 heterocycles. The Morgan fingerprint density at radius 3 is 2.75 bits per heavy atom. The minimum absolute atomic E-state index is 0.0510. The number of carbonyl (C=O) groups excluding carboxylic acids is 3.